The van der Waals surface area contributed by atoms with Gasteiger partial charge in [0.15, 0.2) is 5.72 Å². The molecule has 0 saturated carbocycles. The van der Waals surface area contributed by atoms with Gasteiger partial charge in [-0.05, 0) is 17.0 Å². The lowest BCUT2D eigenvalue weighted by Crippen LogP contribution is -2.66. The second-order valence-electron chi connectivity index (χ2n) is 7.37. The molecule has 3 rings (SSSR count). The number of hydrogen-bond donors (Lipinski definition) is 3. The molecule has 1 fully saturated rings. The van der Waals surface area contributed by atoms with Crippen LogP contribution >= 0.6 is 0 Å². The lowest BCUT2D eigenvalue weighted by molar-refractivity contribution is -0.190. The van der Waals surface area contributed by atoms with Crippen molar-refractivity contribution in [2.75, 3.05) is 0 Å². The van der Waals surface area contributed by atoms with Gasteiger partial charge in [-0.15, -0.1) is 0 Å². The summed E-state index contributed by atoms with van der Waals surface area (Å²) < 4.78 is 40.3. The molecule has 8 heteroatoms. The maximum absolute atomic E-state index is 13.4. The molecule has 1 heterocycles. The standard InChI is InChI=1S/C21H21F3N2O3/c1-12(2)13-8-10-14(11-9-13)17-16(18(27)21(22,23)24)20(29,26-19(28)25-17)15-6-4-3-5-7-15/h3-12,16-17,29H,1-2H3,(H2,25,26,28). The van der Waals surface area contributed by atoms with Crippen LogP contribution in [0.25, 0.3) is 0 Å². The summed E-state index contributed by atoms with van der Waals surface area (Å²) in [5.74, 6) is -3.96. The minimum Gasteiger partial charge on any atom is -0.366 e. The number of nitrogens with one attached hydrogen (secondary N) is 2. The first-order valence-corrected chi connectivity index (χ1v) is 9.11. The number of alkyl halides is 3. The van der Waals surface area contributed by atoms with Crippen LogP contribution in [0, 0.1) is 5.92 Å². The summed E-state index contributed by atoms with van der Waals surface area (Å²) in [6, 6.07) is 11.7. The number of carbonyl (C=O) groups is 2. The maximum Gasteiger partial charge on any atom is 0.450 e. The molecule has 3 atom stereocenters. The number of ketones is 1. The molecule has 1 saturated heterocycles. The maximum atomic E-state index is 13.4. The summed E-state index contributed by atoms with van der Waals surface area (Å²) >= 11 is 0. The van der Waals surface area contributed by atoms with Crippen LogP contribution in [-0.4, -0.2) is 23.1 Å². The van der Waals surface area contributed by atoms with Gasteiger partial charge < -0.3 is 15.7 Å². The van der Waals surface area contributed by atoms with E-state index in [1.54, 1.807) is 30.3 Å². The fraction of sp³-hybridized carbons (Fsp3) is 0.333. The molecule has 29 heavy (non-hydrogen) atoms. The SMILES string of the molecule is CC(C)c1ccc(C2NC(=O)NC(O)(c3ccccc3)C2C(=O)C(F)(F)F)cc1. The molecule has 1 aliphatic rings. The lowest BCUT2D eigenvalue weighted by atomic mass is 9.76. The van der Waals surface area contributed by atoms with Gasteiger partial charge in [0.2, 0.25) is 5.78 Å². The van der Waals surface area contributed by atoms with E-state index < -0.39 is 35.7 Å². The van der Waals surface area contributed by atoms with Gasteiger partial charge in [-0.1, -0.05) is 68.4 Å². The van der Waals surface area contributed by atoms with E-state index in [1.807, 2.05) is 13.8 Å². The van der Waals surface area contributed by atoms with Crippen molar-refractivity contribution in [2.24, 2.45) is 5.92 Å². The van der Waals surface area contributed by atoms with Gasteiger partial charge in [-0.3, -0.25) is 4.79 Å². The molecule has 0 spiro atoms. The minimum atomic E-state index is -5.20. The molecule has 1 aliphatic heterocycles. The van der Waals surface area contributed by atoms with E-state index in [0.29, 0.717) is 5.56 Å². The average molecular weight is 406 g/mol. The number of urea groups is 1. The molecule has 0 radical (unpaired) electrons. The first kappa shape index (κ1) is 20.9. The van der Waals surface area contributed by atoms with Crippen molar-refractivity contribution in [1.82, 2.24) is 10.6 Å². The van der Waals surface area contributed by atoms with E-state index in [-0.39, 0.29) is 11.5 Å². The first-order valence-electron chi connectivity index (χ1n) is 9.11. The number of halogens is 3. The van der Waals surface area contributed by atoms with Crippen molar-refractivity contribution >= 4 is 11.8 Å². The third-order valence-electron chi connectivity index (χ3n) is 5.11. The minimum absolute atomic E-state index is 0.0127. The Morgan fingerprint density at radius 1 is 1.07 bits per heavy atom. The highest BCUT2D eigenvalue weighted by Crippen LogP contribution is 2.42. The zero-order valence-corrected chi connectivity index (χ0v) is 15.8. The highest BCUT2D eigenvalue weighted by Gasteiger charge is 2.59. The van der Waals surface area contributed by atoms with Gasteiger partial charge in [0.25, 0.3) is 0 Å². The Balaban J connectivity index is 2.14. The van der Waals surface area contributed by atoms with Crippen LogP contribution < -0.4 is 10.6 Å². The van der Waals surface area contributed by atoms with Crippen molar-refractivity contribution in [3.63, 3.8) is 0 Å². The normalized spacial score (nSPS) is 24.7. The number of rotatable bonds is 4. The van der Waals surface area contributed by atoms with E-state index in [1.165, 1.54) is 24.3 Å². The third kappa shape index (κ3) is 3.98. The van der Waals surface area contributed by atoms with Gasteiger partial charge in [-0.25, -0.2) is 4.79 Å². The highest BCUT2D eigenvalue weighted by atomic mass is 19.4. The summed E-state index contributed by atoms with van der Waals surface area (Å²) in [6.07, 6.45) is -5.20. The summed E-state index contributed by atoms with van der Waals surface area (Å²) in [6.45, 7) is 3.93. The molecule has 3 N–H and O–H groups in total. The summed E-state index contributed by atoms with van der Waals surface area (Å²) in [7, 11) is 0. The largest absolute Gasteiger partial charge is 0.450 e. The monoisotopic (exact) mass is 406 g/mol. The van der Waals surface area contributed by atoms with Crippen LogP contribution in [0.15, 0.2) is 54.6 Å². The third-order valence-corrected chi connectivity index (χ3v) is 5.11. The van der Waals surface area contributed by atoms with Gasteiger partial charge in [-0.2, -0.15) is 13.2 Å². The molecular formula is C21H21F3N2O3. The summed E-state index contributed by atoms with van der Waals surface area (Å²) in [5, 5.41) is 15.7. The predicted molar refractivity (Wildman–Crippen MR) is 99.8 cm³/mol. The number of Topliss-reactive ketones (excluding diaryl/α,β-unsaturated/α-hetero) is 1. The van der Waals surface area contributed by atoms with E-state index in [4.69, 9.17) is 0 Å². The molecule has 5 nitrogen and oxygen atoms in total. The van der Waals surface area contributed by atoms with Gasteiger partial charge in [0.05, 0.1) is 6.04 Å². The molecule has 2 amide bonds. The second kappa shape index (κ2) is 7.51. The smallest absolute Gasteiger partial charge is 0.366 e. The van der Waals surface area contributed by atoms with Crippen LogP contribution in [0.4, 0.5) is 18.0 Å². The number of aliphatic hydroxyl groups is 1. The van der Waals surface area contributed by atoms with Crippen LogP contribution in [0.1, 0.15) is 42.5 Å². The van der Waals surface area contributed by atoms with Crippen LogP contribution in [0.2, 0.25) is 0 Å². The molecule has 0 aromatic heterocycles. The Labute approximate surface area is 165 Å². The first-order chi connectivity index (χ1) is 13.5. The van der Waals surface area contributed by atoms with Crippen molar-refractivity contribution in [1.29, 1.82) is 0 Å². The molecule has 2 aromatic carbocycles. The molecule has 0 aliphatic carbocycles. The van der Waals surface area contributed by atoms with Crippen molar-refractivity contribution in [3.8, 4) is 0 Å². The fourth-order valence-corrected chi connectivity index (χ4v) is 3.58. The Kier molecular flexibility index (Phi) is 5.40. The topological polar surface area (TPSA) is 78.4 Å². The molecule has 0 bridgehead atoms. The van der Waals surface area contributed by atoms with E-state index >= 15 is 0 Å². The second-order valence-corrected chi connectivity index (χ2v) is 7.37. The van der Waals surface area contributed by atoms with Crippen LogP contribution in [-0.2, 0) is 10.5 Å². The number of carbonyl (C=O) groups excluding carboxylic acids is 2. The van der Waals surface area contributed by atoms with Crippen LogP contribution in [0.3, 0.4) is 0 Å². The predicted octanol–water partition coefficient (Wildman–Crippen LogP) is 3.76. The highest BCUT2D eigenvalue weighted by molar-refractivity contribution is 5.91. The quantitative estimate of drug-likeness (QED) is 0.724. The Bertz CT molecular complexity index is 898. The Morgan fingerprint density at radius 3 is 2.17 bits per heavy atom. The van der Waals surface area contributed by atoms with Gasteiger partial charge >= 0.3 is 12.2 Å². The molecular weight excluding hydrogens is 385 g/mol. The zero-order chi connectivity index (χ0) is 21.4. The molecule has 154 valence electrons. The van der Waals surface area contributed by atoms with E-state index in [2.05, 4.69) is 10.6 Å². The Morgan fingerprint density at radius 2 is 1.66 bits per heavy atom. The van der Waals surface area contributed by atoms with Gasteiger partial charge in [0, 0.05) is 5.56 Å². The number of hydrogen-bond acceptors (Lipinski definition) is 3. The fourth-order valence-electron chi connectivity index (χ4n) is 3.58. The number of amides is 2. The van der Waals surface area contributed by atoms with Crippen molar-refractivity contribution in [3.05, 3.63) is 71.3 Å². The number of benzene rings is 2. The van der Waals surface area contributed by atoms with Crippen molar-refractivity contribution in [2.45, 2.75) is 37.7 Å². The van der Waals surface area contributed by atoms with E-state index in [0.717, 1.165) is 5.56 Å². The summed E-state index contributed by atoms with van der Waals surface area (Å²) in [4.78, 5) is 24.7. The summed E-state index contributed by atoms with van der Waals surface area (Å²) in [5.41, 5.74) is -1.30. The zero-order valence-electron chi connectivity index (χ0n) is 15.8. The van der Waals surface area contributed by atoms with Gasteiger partial charge in [0.1, 0.15) is 5.92 Å². The van der Waals surface area contributed by atoms with E-state index in [9.17, 15) is 27.9 Å². The average Bonchev–Trinajstić information content (AvgIpc) is 2.67. The van der Waals surface area contributed by atoms with Crippen LogP contribution in [0.5, 0.6) is 0 Å². The van der Waals surface area contributed by atoms with Crippen molar-refractivity contribution < 1.29 is 27.9 Å². The molecule has 3 unspecified atom stereocenters. The molecule has 2 aromatic rings. The Hall–Kier alpha value is -2.87. The lowest BCUT2D eigenvalue weighted by Gasteiger charge is -2.45.